The minimum Gasteiger partial charge on any atom is -0.353 e. The molecule has 22 heavy (non-hydrogen) atoms. The SMILES string of the molecule is CN=C(NCc1ccc(C(F)(F)F)cc1)NC1CC=CC1.I. The van der Waals surface area contributed by atoms with Crippen LogP contribution in [0, 0.1) is 0 Å². The van der Waals surface area contributed by atoms with Crippen molar-refractivity contribution in [2.75, 3.05) is 7.05 Å². The van der Waals surface area contributed by atoms with Crippen LogP contribution in [-0.4, -0.2) is 19.0 Å². The maximum atomic E-state index is 12.5. The molecule has 0 amide bonds. The second-order valence-corrected chi connectivity index (χ2v) is 4.90. The van der Waals surface area contributed by atoms with Gasteiger partial charge in [0.1, 0.15) is 0 Å². The van der Waals surface area contributed by atoms with Crippen molar-refractivity contribution in [3.8, 4) is 0 Å². The Morgan fingerprint density at radius 2 is 1.77 bits per heavy atom. The molecule has 0 unspecified atom stereocenters. The second kappa shape index (κ2) is 8.40. The van der Waals surface area contributed by atoms with E-state index in [2.05, 4.69) is 27.8 Å². The van der Waals surface area contributed by atoms with Crippen LogP contribution in [0.25, 0.3) is 0 Å². The largest absolute Gasteiger partial charge is 0.416 e. The van der Waals surface area contributed by atoms with E-state index in [0.717, 1.165) is 30.5 Å². The normalized spacial score (nSPS) is 15.5. The van der Waals surface area contributed by atoms with Crippen LogP contribution in [0.1, 0.15) is 24.0 Å². The number of rotatable bonds is 3. The first-order valence-corrected chi connectivity index (χ1v) is 6.77. The Morgan fingerprint density at radius 1 is 1.18 bits per heavy atom. The van der Waals surface area contributed by atoms with E-state index in [1.165, 1.54) is 12.1 Å². The molecular weight excluding hydrogens is 406 g/mol. The highest BCUT2D eigenvalue weighted by atomic mass is 127. The van der Waals surface area contributed by atoms with Crippen LogP contribution in [0.2, 0.25) is 0 Å². The van der Waals surface area contributed by atoms with Crippen molar-refractivity contribution in [3.63, 3.8) is 0 Å². The summed E-state index contributed by atoms with van der Waals surface area (Å²) >= 11 is 0. The number of benzene rings is 1. The predicted octanol–water partition coefficient (Wildman–Crippen LogP) is 3.71. The molecule has 0 saturated heterocycles. The number of aliphatic imine (C=N–C) groups is 1. The fourth-order valence-electron chi connectivity index (χ4n) is 2.12. The van der Waals surface area contributed by atoms with Crippen LogP contribution in [0.3, 0.4) is 0 Å². The fraction of sp³-hybridized carbons (Fsp3) is 0.400. The molecule has 0 atom stereocenters. The number of halogens is 4. The molecule has 1 aromatic rings. The zero-order valence-corrected chi connectivity index (χ0v) is 14.5. The standard InChI is InChI=1S/C15H18F3N3.HI/c1-19-14(21-13-4-2-3-5-13)20-10-11-6-8-12(9-7-11)15(16,17)18;/h2-3,6-9,13H,4-5,10H2,1H3,(H2,19,20,21);1H. The summed E-state index contributed by atoms with van der Waals surface area (Å²) in [7, 11) is 1.67. The summed E-state index contributed by atoms with van der Waals surface area (Å²) in [5.74, 6) is 0.656. The van der Waals surface area contributed by atoms with E-state index >= 15 is 0 Å². The molecule has 0 aromatic heterocycles. The van der Waals surface area contributed by atoms with E-state index < -0.39 is 11.7 Å². The summed E-state index contributed by atoms with van der Waals surface area (Å²) in [5, 5.41) is 6.37. The van der Waals surface area contributed by atoms with Crippen molar-refractivity contribution >= 4 is 29.9 Å². The molecule has 7 heteroatoms. The lowest BCUT2D eigenvalue weighted by Crippen LogP contribution is -2.42. The fourth-order valence-corrected chi connectivity index (χ4v) is 2.12. The van der Waals surface area contributed by atoms with Crippen molar-refractivity contribution in [2.24, 2.45) is 4.99 Å². The molecule has 0 heterocycles. The first kappa shape index (κ1) is 18.8. The third-order valence-electron chi connectivity index (χ3n) is 3.31. The van der Waals surface area contributed by atoms with E-state index in [4.69, 9.17) is 0 Å². The zero-order valence-electron chi connectivity index (χ0n) is 12.2. The predicted molar refractivity (Wildman–Crippen MR) is 92.4 cm³/mol. The Balaban J connectivity index is 0.00000242. The first-order chi connectivity index (χ1) is 9.99. The molecule has 0 fully saturated rings. The van der Waals surface area contributed by atoms with Crippen LogP contribution in [0.5, 0.6) is 0 Å². The molecular formula is C15H19F3IN3. The van der Waals surface area contributed by atoms with Gasteiger partial charge in [0, 0.05) is 19.6 Å². The van der Waals surface area contributed by atoms with Crippen molar-refractivity contribution in [3.05, 3.63) is 47.5 Å². The maximum absolute atomic E-state index is 12.5. The summed E-state index contributed by atoms with van der Waals surface area (Å²) < 4.78 is 37.4. The summed E-state index contributed by atoms with van der Waals surface area (Å²) in [4.78, 5) is 4.11. The molecule has 0 bridgehead atoms. The van der Waals surface area contributed by atoms with Gasteiger partial charge in [0.15, 0.2) is 5.96 Å². The van der Waals surface area contributed by atoms with Crippen LogP contribution in [-0.2, 0) is 12.7 Å². The van der Waals surface area contributed by atoms with E-state index in [-0.39, 0.29) is 24.0 Å². The Morgan fingerprint density at radius 3 is 2.27 bits per heavy atom. The molecule has 122 valence electrons. The average molecular weight is 425 g/mol. The zero-order chi connectivity index (χ0) is 15.3. The number of hydrogen-bond acceptors (Lipinski definition) is 1. The highest BCUT2D eigenvalue weighted by Gasteiger charge is 2.29. The maximum Gasteiger partial charge on any atom is 0.416 e. The number of nitrogens with zero attached hydrogens (tertiary/aromatic N) is 1. The lowest BCUT2D eigenvalue weighted by atomic mass is 10.1. The Kier molecular flexibility index (Phi) is 7.18. The minimum absolute atomic E-state index is 0. The van der Waals surface area contributed by atoms with E-state index in [1.54, 1.807) is 7.05 Å². The van der Waals surface area contributed by atoms with Gasteiger partial charge in [-0.15, -0.1) is 24.0 Å². The molecule has 2 N–H and O–H groups in total. The van der Waals surface area contributed by atoms with Crippen LogP contribution in [0.15, 0.2) is 41.4 Å². The van der Waals surface area contributed by atoms with Gasteiger partial charge in [-0.25, -0.2) is 0 Å². The third-order valence-corrected chi connectivity index (χ3v) is 3.31. The molecule has 1 aromatic carbocycles. The van der Waals surface area contributed by atoms with Gasteiger partial charge in [-0.3, -0.25) is 4.99 Å². The minimum atomic E-state index is -4.29. The topological polar surface area (TPSA) is 36.4 Å². The molecule has 2 rings (SSSR count). The second-order valence-electron chi connectivity index (χ2n) is 4.90. The van der Waals surface area contributed by atoms with E-state index in [1.807, 2.05) is 0 Å². The van der Waals surface area contributed by atoms with Crippen LogP contribution in [0.4, 0.5) is 13.2 Å². The summed E-state index contributed by atoms with van der Waals surface area (Å²) in [6.07, 6.45) is 1.85. The van der Waals surface area contributed by atoms with Gasteiger partial charge in [0.05, 0.1) is 5.56 Å². The number of alkyl halides is 3. The molecule has 1 aliphatic carbocycles. The third kappa shape index (κ3) is 5.51. The lowest BCUT2D eigenvalue weighted by Gasteiger charge is -2.17. The number of nitrogens with one attached hydrogen (secondary N) is 2. The molecule has 0 aliphatic heterocycles. The van der Waals surface area contributed by atoms with Crippen molar-refractivity contribution in [2.45, 2.75) is 31.6 Å². The van der Waals surface area contributed by atoms with Crippen molar-refractivity contribution < 1.29 is 13.2 Å². The van der Waals surface area contributed by atoms with E-state index in [9.17, 15) is 13.2 Å². The van der Waals surface area contributed by atoms with E-state index in [0.29, 0.717) is 18.5 Å². The molecule has 0 spiro atoms. The van der Waals surface area contributed by atoms with Gasteiger partial charge in [-0.2, -0.15) is 13.2 Å². The number of hydrogen-bond donors (Lipinski definition) is 2. The smallest absolute Gasteiger partial charge is 0.353 e. The summed E-state index contributed by atoms with van der Waals surface area (Å²) in [5.41, 5.74) is 0.140. The Labute approximate surface area is 145 Å². The highest BCUT2D eigenvalue weighted by Crippen LogP contribution is 2.29. The monoisotopic (exact) mass is 425 g/mol. The lowest BCUT2D eigenvalue weighted by molar-refractivity contribution is -0.137. The van der Waals surface area contributed by atoms with Crippen LogP contribution < -0.4 is 10.6 Å². The summed E-state index contributed by atoms with van der Waals surface area (Å²) in [6, 6.07) is 5.46. The summed E-state index contributed by atoms with van der Waals surface area (Å²) in [6.45, 7) is 0.429. The number of guanidine groups is 1. The van der Waals surface area contributed by atoms with Crippen molar-refractivity contribution in [1.29, 1.82) is 0 Å². The van der Waals surface area contributed by atoms with Crippen molar-refractivity contribution in [1.82, 2.24) is 10.6 Å². The van der Waals surface area contributed by atoms with Gasteiger partial charge in [0.2, 0.25) is 0 Å². The van der Waals surface area contributed by atoms with Gasteiger partial charge in [0.25, 0.3) is 0 Å². The van der Waals surface area contributed by atoms with Crippen LogP contribution >= 0.6 is 24.0 Å². The quantitative estimate of drug-likeness (QED) is 0.336. The average Bonchev–Trinajstić information content (AvgIpc) is 2.96. The highest BCUT2D eigenvalue weighted by molar-refractivity contribution is 14.0. The van der Waals surface area contributed by atoms with Gasteiger partial charge < -0.3 is 10.6 Å². The molecule has 0 radical (unpaired) electrons. The Bertz CT molecular complexity index is 516. The van der Waals surface area contributed by atoms with Gasteiger partial charge in [-0.1, -0.05) is 24.3 Å². The molecule has 3 nitrogen and oxygen atoms in total. The van der Waals surface area contributed by atoms with Gasteiger partial charge in [-0.05, 0) is 30.5 Å². The molecule has 1 aliphatic rings. The Hall–Kier alpha value is -1.25. The van der Waals surface area contributed by atoms with Gasteiger partial charge >= 0.3 is 6.18 Å². The first-order valence-electron chi connectivity index (χ1n) is 6.77. The molecule has 0 saturated carbocycles.